The summed E-state index contributed by atoms with van der Waals surface area (Å²) in [5.74, 6) is -1.34. The summed E-state index contributed by atoms with van der Waals surface area (Å²) in [6.07, 6.45) is 3.40. The van der Waals surface area contributed by atoms with E-state index in [1.165, 1.54) is 0 Å². The van der Waals surface area contributed by atoms with E-state index in [1.54, 1.807) is 0 Å². The van der Waals surface area contributed by atoms with Gasteiger partial charge in [-0.3, -0.25) is 9.35 Å². The van der Waals surface area contributed by atoms with Crippen LogP contribution in [0.1, 0.15) is 25.7 Å². The Hall–Kier alpha value is -0.760. The van der Waals surface area contributed by atoms with Crippen LogP contribution in [-0.4, -0.2) is 30.2 Å². The van der Waals surface area contributed by atoms with Gasteiger partial charge in [0.1, 0.15) is 0 Å². The van der Waals surface area contributed by atoms with Gasteiger partial charge in [-0.2, -0.15) is 17.2 Å². The maximum atomic E-state index is 13.0. The number of hydrogen-bond acceptors (Lipinski definition) is 3. The first-order chi connectivity index (χ1) is 7.72. The molecule has 0 radical (unpaired) electrons. The number of nitrogens with one attached hydrogen (secondary N) is 1. The van der Waals surface area contributed by atoms with E-state index in [1.807, 2.05) is 5.32 Å². The van der Waals surface area contributed by atoms with Crippen molar-refractivity contribution in [1.29, 1.82) is 0 Å². The van der Waals surface area contributed by atoms with Gasteiger partial charge in [0.2, 0.25) is 0 Å². The molecule has 2 fully saturated rings. The Kier molecular flexibility index (Phi) is 2.89. The van der Waals surface area contributed by atoms with Gasteiger partial charge in [-0.05, 0) is 31.1 Å². The van der Waals surface area contributed by atoms with Crippen LogP contribution < -0.4 is 5.32 Å². The zero-order valence-corrected chi connectivity index (χ0v) is 9.71. The van der Waals surface area contributed by atoms with Crippen LogP contribution in [0.5, 0.6) is 0 Å². The Morgan fingerprint density at radius 1 is 1.29 bits per heavy atom. The minimum Gasteiger partial charge on any atom is -0.347 e. The molecule has 2 N–H and O–H groups in total. The fraction of sp³-hybridized carbons (Fsp3) is 0.889. The summed E-state index contributed by atoms with van der Waals surface area (Å²) in [7, 11) is -5.70. The van der Waals surface area contributed by atoms with Gasteiger partial charge in [0, 0.05) is 6.04 Å². The first-order valence-electron chi connectivity index (χ1n) is 5.37. The second-order valence-electron chi connectivity index (χ2n) is 4.75. The van der Waals surface area contributed by atoms with E-state index in [-0.39, 0.29) is 5.92 Å². The van der Waals surface area contributed by atoms with Crippen molar-refractivity contribution >= 4 is 16.0 Å². The zero-order valence-electron chi connectivity index (χ0n) is 8.90. The lowest BCUT2D eigenvalue weighted by atomic mass is 9.95. The average Bonchev–Trinajstić information content (AvgIpc) is 2.76. The summed E-state index contributed by atoms with van der Waals surface area (Å²) in [4.78, 5) is 11.1. The lowest BCUT2D eigenvalue weighted by molar-refractivity contribution is -0.137. The molecule has 2 aliphatic rings. The number of amides is 1. The molecule has 1 amide bonds. The molecule has 2 bridgehead atoms. The van der Waals surface area contributed by atoms with E-state index >= 15 is 0 Å². The largest absolute Gasteiger partial charge is 0.446 e. The average molecular weight is 269 g/mol. The van der Waals surface area contributed by atoms with E-state index in [0.29, 0.717) is 12.3 Å². The smallest absolute Gasteiger partial charge is 0.347 e. The van der Waals surface area contributed by atoms with Gasteiger partial charge in [-0.15, -0.1) is 0 Å². The Bertz CT molecular complexity index is 436. The molecule has 0 aromatic heterocycles. The van der Waals surface area contributed by atoms with Crippen molar-refractivity contribution in [2.75, 3.05) is 0 Å². The van der Waals surface area contributed by atoms with Crippen molar-refractivity contribution in [3.05, 3.63) is 0 Å². The molecule has 2 aliphatic carbocycles. The van der Waals surface area contributed by atoms with E-state index in [4.69, 9.17) is 4.55 Å². The highest BCUT2D eigenvalue weighted by atomic mass is 32.2. The Labute approximate surface area is 97.3 Å². The van der Waals surface area contributed by atoms with Crippen LogP contribution >= 0.6 is 0 Å². The van der Waals surface area contributed by atoms with Gasteiger partial charge in [0.15, 0.2) is 0 Å². The number of rotatable bonds is 3. The first kappa shape index (κ1) is 12.7. The second-order valence-corrected chi connectivity index (χ2v) is 6.21. The summed E-state index contributed by atoms with van der Waals surface area (Å²) in [5, 5.41) is -2.74. The van der Waals surface area contributed by atoms with Crippen molar-refractivity contribution < 1.29 is 26.5 Å². The number of alkyl halides is 2. The van der Waals surface area contributed by atoms with Crippen LogP contribution in [0.4, 0.5) is 8.78 Å². The van der Waals surface area contributed by atoms with E-state index < -0.39 is 27.3 Å². The minimum atomic E-state index is -5.70. The third-order valence-corrected chi connectivity index (χ3v) is 4.48. The molecule has 0 saturated heterocycles. The molecule has 3 atom stereocenters. The second kappa shape index (κ2) is 3.88. The molecular weight excluding hydrogens is 256 g/mol. The predicted molar refractivity (Wildman–Crippen MR) is 53.9 cm³/mol. The van der Waals surface area contributed by atoms with Crippen LogP contribution in [0.25, 0.3) is 0 Å². The molecule has 5 nitrogen and oxygen atoms in total. The Morgan fingerprint density at radius 3 is 2.35 bits per heavy atom. The number of fused-ring (bicyclic) bond motifs is 2. The molecule has 2 rings (SSSR count). The van der Waals surface area contributed by atoms with E-state index in [9.17, 15) is 22.0 Å². The van der Waals surface area contributed by atoms with Gasteiger partial charge in [-0.25, -0.2) is 0 Å². The molecule has 8 heteroatoms. The van der Waals surface area contributed by atoms with Crippen molar-refractivity contribution in [2.45, 2.75) is 37.0 Å². The zero-order chi connectivity index (χ0) is 12.8. The fourth-order valence-electron chi connectivity index (χ4n) is 2.79. The number of carbonyl (C=O) groups is 1. The fourth-order valence-corrected chi connectivity index (χ4v) is 3.08. The van der Waals surface area contributed by atoms with Gasteiger partial charge in [0.25, 0.3) is 0 Å². The quantitative estimate of drug-likeness (QED) is 0.741. The molecule has 0 aliphatic heterocycles. The van der Waals surface area contributed by atoms with Crippen LogP contribution in [-0.2, 0) is 14.9 Å². The molecule has 98 valence electrons. The third-order valence-electron chi connectivity index (χ3n) is 3.64. The maximum absolute atomic E-state index is 13.0. The summed E-state index contributed by atoms with van der Waals surface area (Å²) in [5.41, 5.74) is 0. The minimum absolute atomic E-state index is 0.154. The lowest BCUT2D eigenvalue weighted by Gasteiger charge is -2.24. The molecular formula is C9H13F2NO4S. The molecule has 0 aromatic rings. The lowest BCUT2D eigenvalue weighted by Crippen LogP contribution is -2.50. The molecule has 0 spiro atoms. The third kappa shape index (κ3) is 2.15. The van der Waals surface area contributed by atoms with Crippen LogP contribution in [0.3, 0.4) is 0 Å². The first-order valence-corrected chi connectivity index (χ1v) is 6.81. The highest BCUT2D eigenvalue weighted by Gasteiger charge is 2.54. The van der Waals surface area contributed by atoms with Gasteiger partial charge in [0.05, 0.1) is 0 Å². The summed E-state index contributed by atoms with van der Waals surface area (Å²) >= 11 is 0. The highest BCUT2D eigenvalue weighted by molar-refractivity contribution is 7.87. The summed E-state index contributed by atoms with van der Waals surface area (Å²) in [6.45, 7) is 0. The molecule has 2 saturated carbocycles. The van der Waals surface area contributed by atoms with Crippen LogP contribution in [0.15, 0.2) is 0 Å². The van der Waals surface area contributed by atoms with Crippen molar-refractivity contribution in [2.24, 2.45) is 11.8 Å². The molecule has 0 aromatic carbocycles. The highest BCUT2D eigenvalue weighted by Crippen LogP contribution is 2.44. The Morgan fingerprint density at radius 2 is 1.94 bits per heavy atom. The van der Waals surface area contributed by atoms with E-state index in [2.05, 4.69) is 0 Å². The molecule has 0 heterocycles. The van der Waals surface area contributed by atoms with Gasteiger partial charge in [-0.1, -0.05) is 6.42 Å². The van der Waals surface area contributed by atoms with Crippen molar-refractivity contribution in [3.63, 3.8) is 0 Å². The molecule has 3 unspecified atom stereocenters. The SMILES string of the molecule is O=C(NC1CC2CCC1C2)C(F)(F)S(=O)(=O)O. The monoisotopic (exact) mass is 269 g/mol. The number of carbonyl (C=O) groups excluding carboxylic acids is 1. The van der Waals surface area contributed by atoms with E-state index in [0.717, 1.165) is 19.3 Å². The van der Waals surface area contributed by atoms with Crippen molar-refractivity contribution in [3.8, 4) is 0 Å². The standard InChI is InChI=1S/C9H13F2NO4S/c10-9(11,17(14,15)16)8(13)12-7-4-5-1-2-6(7)3-5/h5-7H,1-4H2,(H,12,13)(H,14,15,16). The summed E-state index contributed by atoms with van der Waals surface area (Å²) < 4.78 is 55.0. The predicted octanol–water partition coefficient (Wildman–Crippen LogP) is 0.772. The summed E-state index contributed by atoms with van der Waals surface area (Å²) in [6, 6.07) is -0.395. The molecule has 17 heavy (non-hydrogen) atoms. The topological polar surface area (TPSA) is 83.5 Å². The van der Waals surface area contributed by atoms with Crippen molar-refractivity contribution in [1.82, 2.24) is 5.32 Å². The Balaban J connectivity index is 2.03. The maximum Gasteiger partial charge on any atom is 0.446 e. The van der Waals surface area contributed by atoms with Crippen LogP contribution in [0.2, 0.25) is 0 Å². The number of halogens is 2. The normalized spacial score (nSPS) is 32.8. The van der Waals surface area contributed by atoms with Gasteiger partial charge >= 0.3 is 21.3 Å². The number of hydrogen-bond donors (Lipinski definition) is 2. The van der Waals surface area contributed by atoms with Gasteiger partial charge < -0.3 is 5.32 Å². The van der Waals surface area contributed by atoms with Crippen LogP contribution in [0, 0.1) is 11.8 Å².